The highest BCUT2D eigenvalue weighted by Crippen LogP contribution is 2.28. The van der Waals surface area contributed by atoms with Gasteiger partial charge >= 0.3 is 6.36 Å². The molecule has 2 unspecified atom stereocenters. The molecule has 0 radical (unpaired) electrons. The Morgan fingerprint density at radius 1 is 1.22 bits per heavy atom. The molecule has 0 bridgehead atoms. The van der Waals surface area contributed by atoms with Crippen LogP contribution in [0, 0.1) is 12.8 Å². The van der Waals surface area contributed by atoms with Gasteiger partial charge in [0.1, 0.15) is 23.6 Å². The lowest BCUT2D eigenvalue weighted by Gasteiger charge is -2.38. The van der Waals surface area contributed by atoms with Gasteiger partial charge in [-0.25, -0.2) is 9.97 Å². The lowest BCUT2D eigenvalue weighted by molar-refractivity contribution is -0.274. The first kappa shape index (κ1) is 26.2. The van der Waals surface area contributed by atoms with Crippen LogP contribution < -0.4 is 15.4 Å². The molecule has 36 heavy (non-hydrogen) atoms. The third-order valence-corrected chi connectivity index (χ3v) is 6.85. The van der Waals surface area contributed by atoms with E-state index in [1.54, 1.807) is 17.9 Å². The number of carbonyl (C=O) groups is 1. The molecule has 2 aliphatic heterocycles. The molecule has 2 saturated heterocycles. The SMILES string of the molecule is CCC1COCCC1NC1CCN(C(=O)c2ncnc(Nc3cccc(OC(F)(F)F)c3)c2C)CC1. The molecule has 2 N–H and O–H groups in total. The van der Waals surface area contributed by atoms with Crippen molar-refractivity contribution in [2.24, 2.45) is 5.92 Å². The summed E-state index contributed by atoms with van der Waals surface area (Å²) in [6.45, 7) is 6.74. The molecular formula is C25H32F3N5O3. The Balaban J connectivity index is 1.37. The van der Waals surface area contributed by atoms with Crippen LogP contribution in [-0.4, -0.2) is 65.5 Å². The Morgan fingerprint density at radius 3 is 2.72 bits per heavy atom. The fraction of sp³-hybridized carbons (Fsp3) is 0.560. The Bertz CT molecular complexity index is 1040. The fourth-order valence-corrected chi connectivity index (χ4v) is 4.82. The summed E-state index contributed by atoms with van der Waals surface area (Å²) in [6, 6.07) is 6.27. The zero-order valence-corrected chi connectivity index (χ0v) is 20.5. The first-order chi connectivity index (χ1) is 17.2. The number of nitrogens with one attached hydrogen (secondary N) is 2. The van der Waals surface area contributed by atoms with Crippen LogP contribution in [0.2, 0.25) is 0 Å². The number of halogens is 3. The third kappa shape index (κ3) is 6.64. The maximum absolute atomic E-state index is 13.3. The molecule has 2 atom stereocenters. The molecule has 0 saturated carbocycles. The maximum atomic E-state index is 13.3. The average Bonchev–Trinajstić information content (AvgIpc) is 2.85. The van der Waals surface area contributed by atoms with Gasteiger partial charge < -0.3 is 25.0 Å². The van der Waals surface area contributed by atoms with E-state index in [4.69, 9.17) is 4.74 Å². The number of rotatable bonds is 7. The lowest BCUT2D eigenvalue weighted by Crippen LogP contribution is -2.51. The van der Waals surface area contributed by atoms with Crippen LogP contribution in [0.4, 0.5) is 24.7 Å². The summed E-state index contributed by atoms with van der Waals surface area (Å²) in [5, 5.41) is 6.76. The number of anilines is 2. The second-order valence-electron chi connectivity index (χ2n) is 9.27. The number of hydrogen-bond acceptors (Lipinski definition) is 7. The molecule has 2 aliphatic rings. The van der Waals surface area contributed by atoms with Crippen molar-refractivity contribution < 1.29 is 27.4 Å². The molecule has 11 heteroatoms. The molecule has 4 rings (SSSR count). The van der Waals surface area contributed by atoms with E-state index in [0.29, 0.717) is 48.2 Å². The van der Waals surface area contributed by atoms with Crippen molar-refractivity contribution in [2.75, 3.05) is 31.6 Å². The highest BCUT2D eigenvalue weighted by molar-refractivity contribution is 5.95. The summed E-state index contributed by atoms with van der Waals surface area (Å²) in [6.07, 6.45) is 0.315. The number of carbonyl (C=O) groups excluding carboxylic acids is 1. The second-order valence-corrected chi connectivity index (χ2v) is 9.27. The Labute approximate surface area is 208 Å². The summed E-state index contributed by atoms with van der Waals surface area (Å²) in [7, 11) is 0. The molecule has 0 aliphatic carbocycles. The molecule has 2 aromatic rings. The van der Waals surface area contributed by atoms with Gasteiger partial charge in [-0.2, -0.15) is 0 Å². The van der Waals surface area contributed by atoms with Crippen LogP contribution in [0.5, 0.6) is 5.75 Å². The number of benzene rings is 1. The Morgan fingerprint density at radius 2 is 2.00 bits per heavy atom. The maximum Gasteiger partial charge on any atom is 0.573 e. The van der Waals surface area contributed by atoms with Crippen LogP contribution in [0.1, 0.15) is 48.7 Å². The summed E-state index contributed by atoms with van der Waals surface area (Å²) >= 11 is 0. The van der Waals surface area contributed by atoms with Crippen LogP contribution in [0.25, 0.3) is 0 Å². The minimum atomic E-state index is -4.78. The predicted octanol–water partition coefficient (Wildman–Crippen LogP) is 4.44. The number of ether oxygens (including phenoxy) is 2. The van der Waals surface area contributed by atoms with Gasteiger partial charge in [0, 0.05) is 49.1 Å². The second kappa shape index (κ2) is 11.4. The van der Waals surface area contributed by atoms with E-state index >= 15 is 0 Å². The third-order valence-electron chi connectivity index (χ3n) is 6.85. The van der Waals surface area contributed by atoms with Crippen molar-refractivity contribution in [1.29, 1.82) is 0 Å². The van der Waals surface area contributed by atoms with Gasteiger partial charge in [0.25, 0.3) is 5.91 Å². The number of alkyl halides is 3. The van der Waals surface area contributed by atoms with Gasteiger partial charge in [0.05, 0.1) is 6.61 Å². The number of piperidine rings is 1. The minimum absolute atomic E-state index is 0.178. The van der Waals surface area contributed by atoms with E-state index in [2.05, 4.69) is 32.3 Å². The molecule has 8 nitrogen and oxygen atoms in total. The summed E-state index contributed by atoms with van der Waals surface area (Å²) in [4.78, 5) is 23.5. The van der Waals surface area contributed by atoms with Crippen LogP contribution in [-0.2, 0) is 4.74 Å². The average molecular weight is 508 g/mol. The number of hydrogen-bond donors (Lipinski definition) is 2. The van der Waals surface area contributed by atoms with E-state index < -0.39 is 6.36 Å². The first-order valence-corrected chi connectivity index (χ1v) is 12.3. The zero-order valence-electron chi connectivity index (χ0n) is 20.5. The van der Waals surface area contributed by atoms with Crippen molar-refractivity contribution in [3.05, 3.63) is 41.9 Å². The molecule has 1 aromatic heterocycles. The first-order valence-electron chi connectivity index (χ1n) is 12.3. The lowest BCUT2D eigenvalue weighted by atomic mass is 9.91. The van der Waals surface area contributed by atoms with E-state index in [1.807, 2.05) is 0 Å². The molecule has 0 spiro atoms. The Hall–Kier alpha value is -2.92. The smallest absolute Gasteiger partial charge is 0.406 e. The van der Waals surface area contributed by atoms with Crippen molar-refractivity contribution >= 4 is 17.4 Å². The number of aromatic nitrogens is 2. The quantitative estimate of drug-likeness (QED) is 0.573. The van der Waals surface area contributed by atoms with Gasteiger partial charge in [-0.15, -0.1) is 13.2 Å². The minimum Gasteiger partial charge on any atom is -0.406 e. The Kier molecular flexibility index (Phi) is 8.30. The molecule has 2 fully saturated rings. The fourth-order valence-electron chi connectivity index (χ4n) is 4.82. The summed E-state index contributed by atoms with van der Waals surface area (Å²) in [5.41, 5.74) is 1.15. The molecular weight excluding hydrogens is 475 g/mol. The zero-order chi connectivity index (χ0) is 25.7. The van der Waals surface area contributed by atoms with E-state index in [0.717, 1.165) is 38.9 Å². The number of likely N-dealkylation sites (tertiary alicyclic amines) is 1. The van der Waals surface area contributed by atoms with Crippen LogP contribution in [0.15, 0.2) is 30.6 Å². The number of amides is 1. The van der Waals surface area contributed by atoms with Crippen molar-refractivity contribution in [1.82, 2.24) is 20.2 Å². The molecule has 1 aromatic carbocycles. The topological polar surface area (TPSA) is 88.6 Å². The van der Waals surface area contributed by atoms with Crippen LogP contribution in [0.3, 0.4) is 0 Å². The normalized spacial score (nSPS) is 21.3. The van der Waals surface area contributed by atoms with Crippen LogP contribution >= 0.6 is 0 Å². The van der Waals surface area contributed by atoms with Gasteiger partial charge in [0.15, 0.2) is 0 Å². The summed E-state index contributed by atoms with van der Waals surface area (Å²) in [5.74, 6) is 0.342. The molecule has 3 heterocycles. The van der Waals surface area contributed by atoms with Gasteiger partial charge in [-0.05, 0) is 50.7 Å². The highest BCUT2D eigenvalue weighted by atomic mass is 19.4. The van der Waals surface area contributed by atoms with E-state index in [-0.39, 0.29) is 17.4 Å². The predicted molar refractivity (Wildman–Crippen MR) is 128 cm³/mol. The van der Waals surface area contributed by atoms with E-state index in [9.17, 15) is 18.0 Å². The number of nitrogens with zero attached hydrogens (tertiary/aromatic N) is 3. The van der Waals surface area contributed by atoms with E-state index in [1.165, 1.54) is 24.5 Å². The largest absolute Gasteiger partial charge is 0.573 e. The van der Waals surface area contributed by atoms with Crippen molar-refractivity contribution in [3.8, 4) is 5.75 Å². The summed E-state index contributed by atoms with van der Waals surface area (Å²) < 4.78 is 47.2. The van der Waals surface area contributed by atoms with Crippen molar-refractivity contribution in [3.63, 3.8) is 0 Å². The van der Waals surface area contributed by atoms with Gasteiger partial charge in [0.2, 0.25) is 0 Å². The standard InChI is InChI=1S/C25H32F3N5O3/c1-3-17-14-35-12-9-21(17)31-18-7-10-33(11-8-18)24(34)22-16(2)23(30-15-29-22)32-19-5-4-6-20(13-19)36-25(26,27)28/h4-6,13,15,17-18,21,31H,3,7-12,14H2,1-2H3,(H,29,30,32). The highest BCUT2D eigenvalue weighted by Gasteiger charge is 2.32. The van der Waals surface area contributed by atoms with Gasteiger partial charge in [-0.3, -0.25) is 4.79 Å². The molecule has 1 amide bonds. The van der Waals surface area contributed by atoms with Gasteiger partial charge in [-0.1, -0.05) is 13.0 Å². The monoisotopic (exact) mass is 507 g/mol. The molecule has 196 valence electrons. The van der Waals surface area contributed by atoms with Crippen molar-refractivity contribution in [2.45, 2.75) is 58.0 Å².